The molecule has 0 unspecified atom stereocenters. The largest absolute Gasteiger partial charge is 0.457 e. The first-order chi connectivity index (χ1) is 28.2. The Morgan fingerprint density at radius 1 is 0.386 bits per heavy atom. The molecule has 1 aliphatic heterocycles. The van der Waals surface area contributed by atoms with Gasteiger partial charge in [-0.25, -0.2) is 9.97 Å². The van der Waals surface area contributed by atoms with Crippen molar-refractivity contribution in [1.82, 2.24) is 9.97 Å². The molecule has 0 bridgehead atoms. The van der Waals surface area contributed by atoms with Gasteiger partial charge in [-0.3, -0.25) is 0 Å². The number of aromatic nitrogens is 2. The number of para-hydroxylation sites is 3. The van der Waals surface area contributed by atoms with Crippen LogP contribution in [0.15, 0.2) is 199 Å². The van der Waals surface area contributed by atoms with Crippen molar-refractivity contribution in [1.29, 1.82) is 0 Å². The fraction of sp³-hybridized carbons (Fsp3) is 0.0189. The summed E-state index contributed by atoms with van der Waals surface area (Å²) in [5.74, 6) is 2.39. The molecule has 1 aliphatic carbocycles. The summed E-state index contributed by atoms with van der Waals surface area (Å²) in [5, 5.41) is 2.24. The van der Waals surface area contributed by atoms with Crippen molar-refractivity contribution in [2.75, 3.05) is 0 Å². The molecule has 0 fully saturated rings. The Balaban J connectivity index is 1.13. The zero-order valence-electron chi connectivity index (χ0n) is 30.7. The first kappa shape index (κ1) is 31.8. The second-order valence-electron chi connectivity index (χ2n) is 14.8. The molecule has 2 aliphatic rings. The maximum Gasteiger partial charge on any atom is 0.160 e. The van der Waals surface area contributed by atoms with Gasteiger partial charge in [0.15, 0.2) is 5.82 Å². The van der Waals surface area contributed by atoms with Crippen molar-refractivity contribution in [2.24, 2.45) is 0 Å². The van der Waals surface area contributed by atoms with Crippen LogP contribution in [-0.4, -0.2) is 9.97 Å². The fourth-order valence-electron chi connectivity index (χ4n) is 9.28. The highest BCUT2D eigenvalue weighted by molar-refractivity contribution is 6.16. The molecule has 0 saturated carbocycles. The minimum atomic E-state index is -0.663. The summed E-state index contributed by atoms with van der Waals surface area (Å²) in [4.78, 5) is 10.5. The van der Waals surface area contributed by atoms with Crippen LogP contribution in [0.3, 0.4) is 0 Å². The van der Waals surface area contributed by atoms with Gasteiger partial charge < -0.3 is 9.15 Å². The maximum atomic E-state index is 6.68. The number of rotatable bonds is 4. The summed E-state index contributed by atoms with van der Waals surface area (Å²) in [6.45, 7) is 0. The van der Waals surface area contributed by atoms with Crippen LogP contribution in [0.4, 0.5) is 0 Å². The predicted molar refractivity (Wildman–Crippen MR) is 228 cm³/mol. The summed E-state index contributed by atoms with van der Waals surface area (Å²) < 4.78 is 13.2. The first-order valence-electron chi connectivity index (χ1n) is 19.3. The number of hydrogen-bond acceptors (Lipinski definition) is 4. The van der Waals surface area contributed by atoms with E-state index in [2.05, 4.69) is 164 Å². The van der Waals surface area contributed by atoms with Gasteiger partial charge >= 0.3 is 0 Å². The van der Waals surface area contributed by atoms with Gasteiger partial charge in [0, 0.05) is 38.6 Å². The van der Waals surface area contributed by atoms with E-state index in [1.54, 1.807) is 0 Å². The Morgan fingerprint density at radius 2 is 0.965 bits per heavy atom. The molecule has 266 valence electrons. The van der Waals surface area contributed by atoms with Crippen LogP contribution in [0.25, 0.3) is 78.1 Å². The van der Waals surface area contributed by atoms with Gasteiger partial charge in [-0.15, -0.1) is 0 Å². The summed E-state index contributed by atoms with van der Waals surface area (Å²) in [6.07, 6.45) is 0. The van der Waals surface area contributed by atoms with Crippen LogP contribution < -0.4 is 4.74 Å². The Labute approximate surface area is 329 Å². The number of furan rings is 1. The zero-order chi connectivity index (χ0) is 37.5. The normalized spacial score (nSPS) is 13.2. The molecule has 12 rings (SSSR count). The van der Waals surface area contributed by atoms with E-state index in [9.17, 15) is 0 Å². The minimum absolute atomic E-state index is 0.663. The van der Waals surface area contributed by atoms with Gasteiger partial charge in [-0.2, -0.15) is 0 Å². The van der Waals surface area contributed by atoms with Crippen molar-refractivity contribution in [3.8, 4) is 67.7 Å². The lowest BCUT2D eigenvalue weighted by molar-refractivity contribution is 0.436. The van der Waals surface area contributed by atoms with Crippen LogP contribution in [0.5, 0.6) is 11.5 Å². The number of fused-ring (bicyclic) bond motifs is 13. The van der Waals surface area contributed by atoms with Crippen molar-refractivity contribution in [2.45, 2.75) is 5.41 Å². The molecular weight excluding hydrogens is 697 g/mol. The summed E-state index contributed by atoms with van der Waals surface area (Å²) >= 11 is 0. The van der Waals surface area contributed by atoms with E-state index in [4.69, 9.17) is 19.1 Å². The predicted octanol–water partition coefficient (Wildman–Crippen LogP) is 13.5. The summed E-state index contributed by atoms with van der Waals surface area (Å²) in [7, 11) is 0. The van der Waals surface area contributed by atoms with Crippen LogP contribution in [-0.2, 0) is 5.41 Å². The van der Waals surface area contributed by atoms with E-state index in [0.717, 1.165) is 78.2 Å². The Kier molecular flexibility index (Phi) is 6.81. The Morgan fingerprint density at radius 3 is 1.70 bits per heavy atom. The van der Waals surface area contributed by atoms with E-state index in [1.807, 2.05) is 30.3 Å². The molecule has 10 aromatic rings. The lowest BCUT2D eigenvalue weighted by Crippen LogP contribution is -2.32. The van der Waals surface area contributed by atoms with Crippen molar-refractivity contribution >= 4 is 21.9 Å². The lowest BCUT2D eigenvalue weighted by atomic mass is 9.66. The molecule has 0 radical (unpaired) electrons. The number of nitrogens with zero attached hydrogens (tertiary/aromatic N) is 2. The maximum absolute atomic E-state index is 6.68. The quantitative estimate of drug-likeness (QED) is 0.181. The van der Waals surface area contributed by atoms with E-state index < -0.39 is 5.41 Å². The van der Waals surface area contributed by atoms with Gasteiger partial charge in [0.2, 0.25) is 0 Å². The first-order valence-corrected chi connectivity index (χ1v) is 19.3. The standard InChI is InChI=1S/C53H32N2O2/c1-3-13-33(14-4-1)34-23-25-35(26-24-34)44-32-45(55-52(54-44)36-15-5-2-6-16-36)37-27-28-38-43(31-37)53(40-18-8-11-21-47(40)57-48-22-12-9-19-41(48)53)42-29-30-49-51(50(38)42)39-17-7-10-20-46(39)56-49/h1-32H. The van der Waals surface area contributed by atoms with E-state index in [0.29, 0.717) is 5.82 Å². The van der Waals surface area contributed by atoms with Gasteiger partial charge in [-0.05, 0) is 69.8 Å². The van der Waals surface area contributed by atoms with Crippen molar-refractivity contribution in [3.05, 3.63) is 216 Å². The van der Waals surface area contributed by atoms with Gasteiger partial charge in [0.25, 0.3) is 0 Å². The molecular formula is C53H32N2O2. The van der Waals surface area contributed by atoms with Gasteiger partial charge in [0.1, 0.15) is 22.7 Å². The number of hydrogen-bond donors (Lipinski definition) is 0. The van der Waals surface area contributed by atoms with E-state index in [-0.39, 0.29) is 0 Å². The molecule has 1 spiro atoms. The third kappa shape index (κ3) is 4.68. The molecule has 8 aromatic carbocycles. The second kappa shape index (κ2) is 12.2. The average Bonchev–Trinajstić information content (AvgIpc) is 3.80. The second-order valence-corrected chi connectivity index (χ2v) is 14.8. The molecule has 0 atom stereocenters. The zero-order valence-corrected chi connectivity index (χ0v) is 30.7. The van der Waals surface area contributed by atoms with Crippen LogP contribution >= 0.6 is 0 Å². The summed E-state index contributed by atoms with van der Waals surface area (Å²) in [5.41, 5.74) is 15.2. The van der Waals surface area contributed by atoms with Crippen molar-refractivity contribution < 1.29 is 9.15 Å². The SMILES string of the molecule is c1ccc(-c2ccc(-c3cc(-c4ccc5c(c4)C4(c6ccccc6Oc6ccccc64)c4ccc6oc7ccccc7c6c4-5)nc(-c4ccccc4)n3)cc2)cc1. The number of benzene rings is 8. The monoisotopic (exact) mass is 728 g/mol. The molecule has 4 heteroatoms. The fourth-order valence-corrected chi connectivity index (χ4v) is 9.28. The highest BCUT2D eigenvalue weighted by atomic mass is 16.5. The topological polar surface area (TPSA) is 48.2 Å². The van der Waals surface area contributed by atoms with Gasteiger partial charge in [0.05, 0.1) is 16.8 Å². The van der Waals surface area contributed by atoms with Crippen molar-refractivity contribution in [3.63, 3.8) is 0 Å². The van der Waals surface area contributed by atoms with Crippen LogP contribution in [0, 0.1) is 0 Å². The molecule has 4 nitrogen and oxygen atoms in total. The van der Waals surface area contributed by atoms with Crippen LogP contribution in [0.2, 0.25) is 0 Å². The molecule has 0 saturated heterocycles. The molecule has 3 heterocycles. The molecule has 0 amide bonds. The molecule has 57 heavy (non-hydrogen) atoms. The highest BCUT2D eigenvalue weighted by Crippen LogP contribution is 2.64. The van der Waals surface area contributed by atoms with E-state index in [1.165, 1.54) is 27.8 Å². The number of ether oxygens (including phenoxy) is 1. The Hall–Kier alpha value is -7.56. The lowest BCUT2D eigenvalue weighted by Gasteiger charge is -2.39. The molecule has 0 N–H and O–H groups in total. The third-order valence-corrected chi connectivity index (χ3v) is 11.8. The third-order valence-electron chi connectivity index (χ3n) is 11.8. The highest BCUT2D eigenvalue weighted by Gasteiger charge is 2.52. The smallest absolute Gasteiger partial charge is 0.160 e. The van der Waals surface area contributed by atoms with Crippen LogP contribution in [0.1, 0.15) is 22.3 Å². The van der Waals surface area contributed by atoms with Gasteiger partial charge in [-0.1, -0.05) is 158 Å². The van der Waals surface area contributed by atoms with E-state index >= 15 is 0 Å². The minimum Gasteiger partial charge on any atom is -0.457 e. The Bertz CT molecular complexity index is 3160. The summed E-state index contributed by atoms with van der Waals surface area (Å²) in [6, 6.07) is 68.2. The molecule has 2 aromatic heterocycles. The average molecular weight is 729 g/mol.